The van der Waals surface area contributed by atoms with Crippen molar-refractivity contribution in [1.82, 2.24) is 9.80 Å². The molecule has 0 radical (unpaired) electrons. The molecule has 1 aliphatic rings. The van der Waals surface area contributed by atoms with Gasteiger partial charge in [-0.1, -0.05) is 0 Å². The van der Waals surface area contributed by atoms with Crippen LogP contribution in [0.4, 0.5) is 0 Å². The molecule has 0 aromatic rings. The Morgan fingerprint density at radius 3 is 2.36 bits per heavy atom. The van der Waals surface area contributed by atoms with Crippen LogP contribution in [0.2, 0.25) is 0 Å². The topological polar surface area (TPSA) is 92.7 Å². The molecule has 1 unspecified atom stereocenters. The molecule has 0 aliphatic carbocycles. The molecule has 1 atom stereocenters. The van der Waals surface area contributed by atoms with Crippen molar-refractivity contribution in [2.24, 2.45) is 11.5 Å². The van der Waals surface area contributed by atoms with Gasteiger partial charge in [0.2, 0.25) is 0 Å². The van der Waals surface area contributed by atoms with E-state index in [9.17, 15) is 9.59 Å². The SMILES string of the molecule is CCN1C=C(C(N)=O)N(C)C1C(N)=O. The van der Waals surface area contributed by atoms with Crippen molar-refractivity contribution in [3.8, 4) is 0 Å². The van der Waals surface area contributed by atoms with E-state index in [1.807, 2.05) is 6.92 Å². The lowest BCUT2D eigenvalue weighted by molar-refractivity contribution is -0.126. The first-order chi connectivity index (χ1) is 6.49. The van der Waals surface area contributed by atoms with Gasteiger partial charge in [-0.3, -0.25) is 9.59 Å². The largest absolute Gasteiger partial charge is 0.366 e. The Morgan fingerprint density at radius 1 is 1.50 bits per heavy atom. The van der Waals surface area contributed by atoms with Gasteiger partial charge >= 0.3 is 0 Å². The molecule has 1 aliphatic heterocycles. The Bertz CT molecular complexity index is 300. The number of carbonyl (C=O) groups is 2. The van der Waals surface area contributed by atoms with Crippen LogP contribution in [0.3, 0.4) is 0 Å². The molecule has 2 amide bonds. The lowest BCUT2D eigenvalue weighted by atomic mass is 10.4. The Balaban J connectivity index is 2.96. The lowest BCUT2D eigenvalue weighted by Crippen LogP contribution is -2.48. The third-order valence-electron chi connectivity index (χ3n) is 2.22. The van der Waals surface area contributed by atoms with E-state index in [1.54, 1.807) is 18.1 Å². The van der Waals surface area contributed by atoms with Crippen LogP contribution in [-0.4, -0.2) is 41.4 Å². The number of carbonyl (C=O) groups excluding carboxylic acids is 2. The normalized spacial score (nSPS) is 21.0. The molecule has 4 N–H and O–H groups in total. The fraction of sp³-hybridized carbons (Fsp3) is 0.500. The molecule has 78 valence electrons. The minimum absolute atomic E-state index is 0.302. The number of hydrogen-bond acceptors (Lipinski definition) is 4. The van der Waals surface area contributed by atoms with E-state index in [0.29, 0.717) is 12.2 Å². The maximum absolute atomic E-state index is 11.1. The van der Waals surface area contributed by atoms with Crippen LogP contribution < -0.4 is 11.5 Å². The average Bonchev–Trinajstić information content (AvgIpc) is 2.42. The molecule has 0 fully saturated rings. The third kappa shape index (κ3) is 1.50. The predicted molar refractivity (Wildman–Crippen MR) is 50.4 cm³/mol. The van der Waals surface area contributed by atoms with Crippen LogP contribution >= 0.6 is 0 Å². The van der Waals surface area contributed by atoms with Crippen LogP contribution in [-0.2, 0) is 9.59 Å². The molecule has 1 heterocycles. The zero-order valence-electron chi connectivity index (χ0n) is 8.23. The van der Waals surface area contributed by atoms with Gasteiger partial charge in [0.05, 0.1) is 0 Å². The second-order valence-corrected chi connectivity index (χ2v) is 3.10. The van der Waals surface area contributed by atoms with Gasteiger partial charge in [-0.05, 0) is 6.92 Å². The Labute approximate surface area is 82.1 Å². The summed E-state index contributed by atoms with van der Waals surface area (Å²) in [6.45, 7) is 2.46. The fourth-order valence-electron chi connectivity index (χ4n) is 1.53. The first-order valence-electron chi connectivity index (χ1n) is 4.28. The summed E-state index contributed by atoms with van der Waals surface area (Å²) >= 11 is 0. The zero-order chi connectivity index (χ0) is 10.9. The Hall–Kier alpha value is -1.72. The molecule has 6 heteroatoms. The van der Waals surface area contributed by atoms with Crippen molar-refractivity contribution in [1.29, 1.82) is 0 Å². The van der Waals surface area contributed by atoms with Crippen molar-refractivity contribution < 1.29 is 9.59 Å². The van der Waals surface area contributed by atoms with Gasteiger partial charge in [-0.15, -0.1) is 0 Å². The molecule has 0 spiro atoms. The monoisotopic (exact) mass is 198 g/mol. The summed E-state index contributed by atoms with van der Waals surface area (Å²) in [5, 5.41) is 0. The van der Waals surface area contributed by atoms with Gasteiger partial charge < -0.3 is 21.3 Å². The minimum atomic E-state index is -0.609. The van der Waals surface area contributed by atoms with E-state index in [-0.39, 0.29) is 0 Å². The van der Waals surface area contributed by atoms with Gasteiger partial charge in [0, 0.05) is 19.8 Å². The van der Waals surface area contributed by atoms with E-state index in [2.05, 4.69) is 0 Å². The summed E-state index contributed by atoms with van der Waals surface area (Å²) in [6, 6.07) is 0. The summed E-state index contributed by atoms with van der Waals surface area (Å²) in [5.74, 6) is -1.06. The lowest BCUT2D eigenvalue weighted by Gasteiger charge is -2.27. The van der Waals surface area contributed by atoms with Crippen molar-refractivity contribution in [2.75, 3.05) is 13.6 Å². The molecular formula is C8H14N4O2. The number of hydrogen-bond donors (Lipinski definition) is 2. The van der Waals surface area contributed by atoms with Crippen molar-refractivity contribution in [3.63, 3.8) is 0 Å². The summed E-state index contributed by atoms with van der Waals surface area (Å²) in [5.41, 5.74) is 10.7. The summed E-state index contributed by atoms with van der Waals surface area (Å²) in [4.78, 5) is 25.2. The second-order valence-electron chi connectivity index (χ2n) is 3.10. The molecule has 0 saturated heterocycles. The zero-order valence-corrected chi connectivity index (χ0v) is 8.23. The molecular weight excluding hydrogens is 184 g/mol. The molecule has 0 aromatic heterocycles. The van der Waals surface area contributed by atoms with E-state index in [4.69, 9.17) is 11.5 Å². The fourth-order valence-corrected chi connectivity index (χ4v) is 1.53. The molecule has 0 aromatic carbocycles. The smallest absolute Gasteiger partial charge is 0.266 e. The number of nitrogens with two attached hydrogens (primary N) is 2. The van der Waals surface area contributed by atoms with Gasteiger partial charge in [0.15, 0.2) is 6.17 Å². The quantitative estimate of drug-likeness (QED) is 0.570. The van der Waals surface area contributed by atoms with Crippen LogP contribution in [0.15, 0.2) is 11.9 Å². The molecule has 6 nitrogen and oxygen atoms in total. The van der Waals surface area contributed by atoms with Crippen LogP contribution in [0.25, 0.3) is 0 Å². The van der Waals surface area contributed by atoms with Crippen LogP contribution in [0, 0.1) is 0 Å². The van der Waals surface area contributed by atoms with Gasteiger partial charge in [0.1, 0.15) is 5.70 Å². The highest BCUT2D eigenvalue weighted by Gasteiger charge is 2.34. The Kier molecular flexibility index (Phi) is 2.64. The van der Waals surface area contributed by atoms with Crippen LogP contribution in [0.1, 0.15) is 6.92 Å². The minimum Gasteiger partial charge on any atom is -0.366 e. The molecule has 0 bridgehead atoms. The van der Waals surface area contributed by atoms with Gasteiger partial charge in [-0.2, -0.15) is 0 Å². The Morgan fingerprint density at radius 2 is 2.07 bits per heavy atom. The average molecular weight is 198 g/mol. The van der Waals surface area contributed by atoms with E-state index >= 15 is 0 Å². The van der Waals surface area contributed by atoms with Crippen molar-refractivity contribution in [2.45, 2.75) is 13.1 Å². The second kappa shape index (κ2) is 3.57. The van der Waals surface area contributed by atoms with E-state index in [1.165, 1.54) is 4.90 Å². The molecule has 14 heavy (non-hydrogen) atoms. The van der Waals surface area contributed by atoms with E-state index in [0.717, 1.165) is 0 Å². The summed E-state index contributed by atoms with van der Waals surface area (Å²) < 4.78 is 0. The summed E-state index contributed by atoms with van der Waals surface area (Å²) in [7, 11) is 1.61. The highest BCUT2D eigenvalue weighted by molar-refractivity contribution is 5.93. The standard InChI is InChI=1S/C8H14N4O2/c1-3-12-4-5(6(9)13)11(2)8(12)7(10)14/h4,8H,3H2,1-2H3,(H2,9,13)(H2,10,14). The maximum Gasteiger partial charge on any atom is 0.266 e. The number of nitrogens with zero attached hydrogens (tertiary/aromatic N) is 2. The predicted octanol–water partition coefficient (Wildman–Crippen LogP) is -1.61. The van der Waals surface area contributed by atoms with Crippen molar-refractivity contribution in [3.05, 3.63) is 11.9 Å². The first kappa shape index (κ1) is 10.4. The van der Waals surface area contributed by atoms with Gasteiger partial charge in [-0.25, -0.2) is 0 Å². The van der Waals surface area contributed by atoms with Crippen LogP contribution in [0.5, 0.6) is 0 Å². The number of amides is 2. The number of rotatable bonds is 3. The molecule has 0 saturated carbocycles. The first-order valence-corrected chi connectivity index (χ1v) is 4.28. The number of primary amides is 2. The number of likely N-dealkylation sites (N-methyl/N-ethyl adjacent to an activating group) is 2. The van der Waals surface area contributed by atoms with Crippen molar-refractivity contribution >= 4 is 11.8 Å². The highest BCUT2D eigenvalue weighted by atomic mass is 16.2. The van der Waals surface area contributed by atoms with E-state index < -0.39 is 18.0 Å². The molecule has 1 rings (SSSR count). The maximum atomic E-state index is 11.1. The van der Waals surface area contributed by atoms with Gasteiger partial charge in [0.25, 0.3) is 11.8 Å². The summed E-state index contributed by atoms with van der Waals surface area (Å²) in [6.07, 6.45) is 0.945. The third-order valence-corrected chi connectivity index (χ3v) is 2.22. The highest BCUT2D eigenvalue weighted by Crippen LogP contribution is 2.19.